The fourth-order valence-corrected chi connectivity index (χ4v) is 2.78. The fraction of sp³-hybridized carbons (Fsp3) is 0.533. The van der Waals surface area contributed by atoms with Crippen molar-refractivity contribution in [3.63, 3.8) is 0 Å². The van der Waals surface area contributed by atoms with E-state index >= 15 is 0 Å². The van der Waals surface area contributed by atoms with E-state index in [9.17, 15) is 4.79 Å². The molecule has 1 amide bonds. The van der Waals surface area contributed by atoms with E-state index in [0.717, 1.165) is 24.5 Å². The molecule has 1 unspecified atom stereocenters. The molecule has 1 aromatic carbocycles. The van der Waals surface area contributed by atoms with Crippen molar-refractivity contribution in [3.8, 4) is 0 Å². The molecule has 114 valence electrons. The van der Waals surface area contributed by atoms with Crippen LogP contribution < -0.4 is 10.6 Å². The monoisotopic (exact) mass is 291 g/mol. The molecule has 21 heavy (non-hydrogen) atoms. The van der Waals surface area contributed by atoms with E-state index in [2.05, 4.69) is 4.90 Å². The van der Waals surface area contributed by atoms with Gasteiger partial charge in [-0.1, -0.05) is 12.1 Å². The van der Waals surface area contributed by atoms with E-state index in [0.29, 0.717) is 32.9 Å². The molecule has 0 spiro atoms. The summed E-state index contributed by atoms with van der Waals surface area (Å²) in [5.74, 6) is 0.0374. The zero-order chi connectivity index (χ0) is 14.7. The van der Waals surface area contributed by atoms with Crippen molar-refractivity contribution in [1.29, 1.82) is 0 Å². The first-order valence-corrected chi connectivity index (χ1v) is 7.33. The molecule has 6 heteroatoms. The lowest BCUT2D eigenvalue weighted by molar-refractivity contribution is -0.158. The number of carbonyl (C=O) groups is 1. The Hall–Kier alpha value is -1.79. The van der Waals surface area contributed by atoms with Crippen molar-refractivity contribution in [2.75, 3.05) is 56.6 Å². The van der Waals surface area contributed by atoms with Crippen LogP contribution in [0.4, 0.5) is 11.4 Å². The highest BCUT2D eigenvalue weighted by Crippen LogP contribution is 2.23. The maximum atomic E-state index is 12.3. The summed E-state index contributed by atoms with van der Waals surface area (Å²) in [6, 6.07) is 7.83. The molecule has 6 nitrogen and oxygen atoms in total. The quantitative estimate of drug-likeness (QED) is 0.796. The second kappa shape index (κ2) is 6.32. The lowest BCUT2D eigenvalue weighted by atomic mass is 10.2. The number of nitrogen functional groups attached to an aromatic ring is 1. The number of ether oxygens (including phenoxy) is 2. The molecule has 1 aromatic rings. The van der Waals surface area contributed by atoms with Crippen LogP contribution in [-0.4, -0.2) is 62.9 Å². The number of carbonyl (C=O) groups excluding carboxylic acids is 1. The summed E-state index contributed by atoms with van der Waals surface area (Å²) in [4.78, 5) is 16.4. The molecule has 2 saturated heterocycles. The van der Waals surface area contributed by atoms with Crippen molar-refractivity contribution in [2.24, 2.45) is 0 Å². The summed E-state index contributed by atoms with van der Waals surface area (Å²) in [7, 11) is 0. The van der Waals surface area contributed by atoms with Gasteiger partial charge in [0.1, 0.15) is 0 Å². The number of para-hydroxylation sites is 2. The van der Waals surface area contributed by atoms with E-state index in [1.165, 1.54) is 0 Å². The Morgan fingerprint density at radius 2 is 1.90 bits per heavy atom. The zero-order valence-electron chi connectivity index (χ0n) is 12.0. The molecule has 0 bridgehead atoms. The highest BCUT2D eigenvalue weighted by molar-refractivity contribution is 5.81. The molecular formula is C15H21N3O3. The average molecular weight is 291 g/mol. The third-order valence-corrected chi connectivity index (χ3v) is 3.96. The van der Waals surface area contributed by atoms with Gasteiger partial charge < -0.3 is 25.0 Å². The summed E-state index contributed by atoms with van der Waals surface area (Å²) in [6.45, 7) is 4.38. The Morgan fingerprint density at radius 1 is 1.14 bits per heavy atom. The van der Waals surface area contributed by atoms with Gasteiger partial charge in [0.05, 0.1) is 31.2 Å². The Kier molecular flexibility index (Phi) is 4.26. The molecule has 1 atom stereocenters. The number of benzene rings is 1. The summed E-state index contributed by atoms with van der Waals surface area (Å²) in [5, 5.41) is 0. The minimum Gasteiger partial charge on any atom is -0.397 e. The van der Waals surface area contributed by atoms with Gasteiger partial charge in [0.2, 0.25) is 0 Å². The predicted molar refractivity (Wildman–Crippen MR) is 80.2 cm³/mol. The van der Waals surface area contributed by atoms with Gasteiger partial charge in [0.25, 0.3) is 5.91 Å². The van der Waals surface area contributed by atoms with Crippen LogP contribution in [0, 0.1) is 0 Å². The van der Waals surface area contributed by atoms with Gasteiger partial charge in [-0.05, 0) is 12.1 Å². The molecule has 0 aliphatic carbocycles. The van der Waals surface area contributed by atoms with Crippen LogP contribution >= 0.6 is 0 Å². The minimum absolute atomic E-state index is 0.0374. The fourth-order valence-electron chi connectivity index (χ4n) is 2.78. The van der Waals surface area contributed by atoms with Gasteiger partial charge in [-0.2, -0.15) is 0 Å². The molecule has 2 aliphatic heterocycles. The SMILES string of the molecule is Nc1ccccc1N1CCN(C(=O)C2COCCO2)CC1. The van der Waals surface area contributed by atoms with Crippen molar-refractivity contribution >= 4 is 17.3 Å². The molecule has 2 heterocycles. The Labute approximate surface area is 124 Å². The molecule has 0 aromatic heterocycles. The van der Waals surface area contributed by atoms with Crippen LogP contribution in [0.5, 0.6) is 0 Å². The number of nitrogens with zero attached hydrogens (tertiary/aromatic N) is 2. The summed E-state index contributed by atoms with van der Waals surface area (Å²) >= 11 is 0. The number of piperazine rings is 1. The van der Waals surface area contributed by atoms with E-state index < -0.39 is 6.10 Å². The molecule has 2 aliphatic rings. The smallest absolute Gasteiger partial charge is 0.254 e. The first-order valence-electron chi connectivity index (χ1n) is 7.33. The minimum atomic E-state index is -0.438. The first kappa shape index (κ1) is 14.2. The second-order valence-electron chi connectivity index (χ2n) is 5.31. The summed E-state index contributed by atoms with van der Waals surface area (Å²) in [6.07, 6.45) is -0.438. The lowest BCUT2D eigenvalue weighted by Gasteiger charge is -2.38. The highest BCUT2D eigenvalue weighted by atomic mass is 16.6. The number of anilines is 2. The van der Waals surface area contributed by atoms with E-state index in [1.54, 1.807) is 0 Å². The number of rotatable bonds is 2. The number of hydrogen-bond donors (Lipinski definition) is 1. The largest absolute Gasteiger partial charge is 0.397 e. The van der Waals surface area contributed by atoms with Crippen molar-refractivity contribution in [1.82, 2.24) is 4.90 Å². The molecule has 0 saturated carbocycles. The van der Waals surface area contributed by atoms with Gasteiger partial charge in [0, 0.05) is 26.2 Å². The predicted octanol–water partition coefficient (Wildman–Crippen LogP) is 0.333. The van der Waals surface area contributed by atoms with E-state index in [4.69, 9.17) is 15.2 Å². The average Bonchev–Trinajstić information content (AvgIpc) is 2.56. The maximum absolute atomic E-state index is 12.3. The van der Waals surface area contributed by atoms with Gasteiger partial charge in [-0.25, -0.2) is 0 Å². The third kappa shape index (κ3) is 3.11. The zero-order valence-corrected chi connectivity index (χ0v) is 12.0. The highest BCUT2D eigenvalue weighted by Gasteiger charge is 2.30. The summed E-state index contributed by atoms with van der Waals surface area (Å²) in [5.41, 5.74) is 7.83. The van der Waals surface area contributed by atoms with Gasteiger partial charge in [-0.15, -0.1) is 0 Å². The Balaban J connectivity index is 1.57. The van der Waals surface area contributed by atoms with Crippen molar-refractivity contribution in [3.05, 3.63) is 24.3 Å². The van der Waals surface area contributed by atoms with Gasteiger partial charge in [0.15, 0.2) is 6.10 Å². The van der Waals surface area contributed by atoms with Crippen LogP contribution in [0.3, 0.4) is 0 Å². The van der Waals surface area contributed by atoms with E-state index in [1.807, 2.05) is 29.2 Å². The van der Waals surface area contributed by atoms with Crippen LogP contribution in [0.2, 0.25) is 0 Å². The molecule has 2 fully saturated rings. The Morgan fingerprint density at radius 3 is 2.57 bits per heavy atom. The van der Waals surface area contributed by atoms with Crippen LogP contribution in [0.25, 0.3) is 0 Å². The number of amides is 1. The second-order valence-corrected chi connectivity index (χ2v) is 5.31. The molecule has 0 radical (unpaired) electrons. The van der Waals surface area contributed by atoms with Crippen LogP contribution in [0.15, 0.2) is 24.3 Å². The molecular weight excluding hydrogens is 270 g/mol. The van der Waals surface area contributed by atoms with Crippen molar-refractivity contribution < 1.29 is 14.3 Å². The first-order chi connectivity index (χ1) is 10.3. The molecule has 3 rings (SSSR count). The summed E-state index contributed by atoms with van der Waals surface area (Å²) < 4.78 is 10.8. The standard InChI is InChI=1S/C15H21N3O3/c16-12-3-1-2-4-13(12)17-5-7-18(8-6-17)15(19)14-11-20-9-10-21-14/h1-4,14H,5-11,16H2. The van der Waals surface area contributed by atoms with Gasteiger partial charge >= 0.3 is 0 Å². The van der Waals surface area contributed by atoms with Crippen molar-refractivity contribution in [2.45, 2.75) is 6.10 Å². The molecule has 2 N–H and O–H groups in total. The Bertz CT molecular complexity index is 495. The van der Waals surface area contributed by atoms with Crippen LogP contribution in [-0.2, 0) is 14.3 Å². The normalized spacial score (nSPS) is 23.1. The number of hydrogen-bond acceptors (Lipinski definition) is 5. The third-order valence-electron chi connectivity index (χ3n) is 3.96. The lowest BCUT2D eigenvalue weighted by Crippen LogP contribution is -2.53. The van der Waals surface area contributed by atoms with Gasteiger partial charge in [-0.3, -0.25) is 4.79 Å². The topological polar surface area (TPSA) is 68.0 Å². The van der Waals surface area contributed by atoms with Crippen LogP contribution in [0.1, 0.15) is 0 Å². The maximum Gasteiger partial charge on any atom is 0.254 e. The van der Waals surface area contributed by atoms with E-state index in [-0.39, 0.29) is 5.91 Å². The number of nitrogens with two attached hydrogens (primary N) is 1.